The first-order chi connectivity index (χ1) is 5.00. The van der Waals surface area contributed by atoms with Crippen LogP contribution in [0.1, 0.15) is 6.92 Å². The molecule has 0 aliphatic carbocycles. The fraction of sp³-hybridized carbons (Fsp3) is 1.00. The van der Waals surface area contributed by atoms with Crippen molar-refractivity contribution in [2.24, 2.45) is 5.14 Å². The van der Waals surface area contributed by atoms with Crippen LogP contribution in [0.3, 0.4) is 0 Å². The molecule has 0 aromatic carbocycles. The number of rotatable bonds is 1. The third-order valence-electron chi connectivity index (χ3n) is 1.69. The van der Waals surface area contributed by atoms with Crippen LogP contribution >= 0.6 is 0 Å². The molecule has 0 aromatic rings. The fourth-order valence-corrected chi connectivity index (χ4v) is 1.91. The Labute approximate surface area is 66.7 Å². The van der Waals surface area contributed by atoms with Gasteiger partial charge in [0.25, 0.3) is 10.2 Å². The van der Waals surface area contributed by atoms with E-state index in [1.807, 2.05) is 6.92 Å². The quantitative estimate of drug-likeness (QED) is 0.513. The highest BCUT2D eigenvalue weighted by atomic mass is 32.2. The molecule has 0 bridgehead atoms. The molecule has 0 saturated carbocycles. The Morgan fingerprint density at radius 3 is 2.64 bits per heavy atom. The number of nitrogens with two attached hydrogens (primary N) is 1. The van der Waals surface area contributed by atoms with Gasteiger partial charge in [-0.25, -0.2) is 5.14 Å². The second kappa shape index (κ2) is 3.06. The van der Waals surface area contributed by atoms with Crippen molar-refractivity contribution >= 4 is 10.2 Å². The topological polar surface area (TPSA) is 75.4 Å². The van der Waals surface area contributed by atoms with E-state index in [0.717, 1.165) is 0 Å². The van der Waals surface area contributed by atoms with E-state index in [0.29, 0.717) is 19.6 Å². The third-order valence-corrected chi connectivity index (χ3v) is 2.74. The van der Waals surface area contributed by atoms with Gasteiger partial charge in [0.05, 0.1) is 0 Å². The minimum atomic E-state index is -3.47. The van der Waals surface area contributed by atoms with Crippen LogP contribution in [0.2, 0.25) is 0 Å². The largest absolute Gasteiger partial charge is 0.312 e. The summed E-state index contributed by atoms with van der Waals surface area (Å²) in [6.45, 7) is 3.55. The number of hydrogen-bond donors (Lipinski definition) is 2. The van der Waals surface area contributed by atoms with Crippen molar-refractivity contribution < 1.29 is 8.42 Å². The minimum Gasteiger partial charge on any atom is -0.312 e. The zero-order valence-corrected chi connectivity index (χ0v) is 7.26. The number of piperazine rings is 1. The highest BCUT2D eigenvalue weighted by molar-refractivity contribution is 7.86. The van der Waals surface area contributed by atoms with E-state index in [2.05, 4.69) is 5.32 Å². The standard InChI is InChI=1S/C5H13N3O2S/c1-5-4-8(3-2-7-5)11(6,9)10/h5,7H,2-4H2,1H3,(H2,6,9,10). The number of nitrogens with one attached hydrogen (secondary N) is 1. The molecule has 1 unspecified atom stereocenters. The molecule has 0 spiro atoms. The lowest BCUT2D eigenvalue weighted by Gasteiger charge is -2.29. The molecule has 0 radical (unpaired) electrons. The van der Waals surface area contributed by atoms with Crippen molar-refractivity contribution in [2.45, 2.75) is 13.0 Å². The molecule has 1 heterocycles. The Bertz CT molecular complexity index is 226. The Morgan fingerprint density at radius 2 is 2.27 bits per heavy atom. The predicted octanol–water partition coefficient (Wildman–Crippen LogP) is -1.52. The first kappa shape index (κ1) is 8.92. The first-order valence-electron chi connectivity index (χ1n) is 3.51. The number of nitrogens with zero attached hydrogens (tertiary/aromatic N) is 1. The normalized spacial score (nSPS) is 28.7. The highest BCUT2D eigenvalue weighted by Gasteiger charge is 2.22. The van der Waals surface area contributed by atoms with Gasteiger partial charge in [-0.05, 0) is 6.92 Å². The SMILES string of the molecule is CC1CN(S(N)(=O)=O)CCN1. The zero-order chi connectivity index (χ0) is 8.48. The Kier molecular flexibility index (Phi) is 2.48. The smallest absolute Gasteiger partial charge is 0.276 e. The van der Waals surface area contributed by atoms with Gasteiger partial charge in [0.15, 0.2) is 0 Å². The molecule has 1 rings (SSSR count). The lowest BCUT2D eigenvalue weighted by molar-refractivity contribution is 0.310. The lowest BCUT2D eigenvalue weighted by atomic mass is 10.3. The van der Waals surface area contributed by atoms with Gasteiger partial charge in [0, 0.05) is 25.7 Å². The van der Waals surface area contributed by atoms with E-state index in [4.69, 9.17) is 5.14 Å². The van der Waals surface area contributed by atoms with E-state index in [9.17, 15) is 8.42 Å². The first-order valence-corrected chi connectivity index (χ1v) is 5.02. The van der Waals surface area contributed by atoms with E-state index in [1.165, 1.54) is 4.31 Å². The summed E-state index contributed by atoms with van der Waals surface area (Å²) in [5.74, 6) is 0. The fourth-order valence-electron chi connectivity index (χ4n) is 1.13. The second-order valence-corrected chi connectivity index (χ2v) is 4.30. The molecule has 0 aromatic heterocycles. The average Bonchev–Trinajstić information content (AvgIpc) is 1.86. The molecule has 3 N–H and O–H groups in total. The zero-order valence-electron chi connectivity index (χ0n) is 6.45. The maximum Gasteiger partial charge on any atom is 0.276 e. The third kappa shape index (κ3) is 2.41. The van der Waals surface area contributed by atoms with Crippen molar-refractivity contribution in [3.63, 3.8) is 0 Å². The van der Waals surface area contributed by atoms with Gasteiger partial charge in [0.1, 0.15) is 0 Å². The Balaban J connectivity index is 2.60. The second-order valence-electron chi connectivity index (χ2n) is 2.76. The molecular formula is C5H13N3O2S. The minimum absolute atomic E-state index is 0.196. The van der Waals surface area contributed by atoms with Crippen molar-refractivity contribution in [2.75, 3.05) is 19.6 Å². The van der Waals surface area contributed by atoms with Crippen LogP contribution in [0.4, 0.5) is 0 Å². The predicted molar refractivity (Wildman–Crippen MR) is 42.1 cm³/mol. The molecular weight excluding hydrogens is 166 g/mol. The van der Waals surface area contributed by atoms with Gasteiger partial charge >= 0.3 is 0 Å². The van der Waals surface area contributed by atoms with Gasteiger partial charge in [0.2, 0.25) is 0 Å². The van der Waals surface area contributed by atoms with Gasteiger partial charge < -0.3 is 5.32 Å². The maximum atomic E-state index is 10.8. The van der Waals surface area contributed by atoms with Crippen LogP contribution in [-0.4, -0.2) is 38.4 Å². The van der Waals surface area contributed by atoms with E-state index in [1.54, 1.807) is 0 Å². The summed E-state index contributed by atoms with van der Waals surface area (Å²) in [7, 11) is -3.47. The highest BCUT2D eigenvalue weighted by Crippen LogP contribution is 2.00. The van der Waals surface area contributed by atoms with Crippen molar-refractivity contribution in [1.29, 1.82) is 0 Å². The lowest BCUT2D eigenvalue weighted by Crippen LogP contribution is -2.53. The van der Waals surface area contributed by atoms with Crippen LogP contribution in [0.5, 0.6) is 0 Å². The molecule has 5 nitrogen and oxygen atoms in total. The van der Waals surface area contributed by atoms with Crippen LogP contribution in [-0.2, 0) is 10.2 Å². The van der Waals surface area contributed by atoms with Crippen LogP contribution < -0.4 is 10.5 Å². The summed E-state index contributed by atoms with van der Waals surface area (Å²) in [5, 5.41) is 8.07. The van der Waals surface area contributed by atoms with Gasteiger partial charge in [-0.1, -0.05) is 0 Å². The summed E-state index contributed by atoms with van der Waals surface area (Å²) < 4.78 is 22.9. The van der Waals surface area contributed by atoms with Crippen molar-refractivity contribution in [1.82, 2.24) is 9.62 Å². The Morgan fingerprint density at radius 1 is 1.64 bits per heavy atom. The Hall–Kier alpha value is -0.170. The molecule has 6 heteroatoms. The molecule has 1 fully saturated rings. The molecule has 11 heavy (non-hydrogen) atoms. The van der Waals surface area contributed by atoms with Crippen molar-refractivity contribution in [3.05, 3.63) is 0 Å². The van der Waals surface area contributed by atoms with Gasteiger partial charge in [-0.15, -0.1) is 0 Å². The van der Waals surface area contributed by atoms with Crippen LogP contribution in [0, 0.1) is 0 Å². The van der Waals surface area contributed by atoms with E-state index in [-0.39, 0.29) is 6.04 Å². The molecule has 1 aliphatic heterocycles. The molecule has 1 aliphatic rings. The molecule has 1 saturated heterocycles. The van der Waals surface area contributed by atoms with Crippen molar-refractivity contribution in [3.8, 4) is 0 Å². The average molecular weight is 179 g/mol. The number of hydrogen-bond acceptors (Lipinski definition) is 3. The summed E-state index contributed by atoms with van der Waals surface area (Å²) in [4.78, 5) is 0. The van der Waals surface area contributed by atoms with Gasteiger partial charge in [-0.2, -0.15) is 12.7 Å². The summed E-state index contributed by atoms with van der Waals surface area (Å²) in [6.07, 6.45) is 0. The summed E-state index contributed by atoms with van der Waals surface area (Å²) in [5.41, 5.74) is 0. The maximum absolute atomic E-state index is 10.8. The van der Waals surface area contributed by atoms with Crippen LogP contribution in [0.15, 0.2) is 0 Å². The summed E-state index contributed by atoms with van der Waals surface area (Å²) >= 11 is 0. The molecule has 0 amide bonds. The monoisotopic (exact) mass is 179 g/mol. The van der Waals surface area contributed by atoms with Crippen LogP contribution in [0.25, 0.3) is 0 Å². The van der Waals surface area contributed by atoms with Gasteiger partial charge in [-0.3, -0.25) is 0 Å². The van der Waals surface area contributed by atoms with E-state index >= 15 is 0 Å². The van der Waals surface area contributed by atoms with E-state index < -0.39 is 10.2 Å². The summed E-state index contributed by atoms with van der Waals surface area (Å²) in [6, 6.07) is 0.196. The molecule has 66 valence electrons. The molecule has 1 atom stereocenters.